The van der Waals surface area contributed by atoms with Crippen LogP contribution in [0.5, 0.6) is 0 Å². The first-order valence-corrected chi connectivity index (χ1v) is 7.50. The first-order valence-electron chi connectivity index (χ1n) is 7.50. The second kappa shape index (κ2) is 7.62. The predicted molar refractivity (Wildman–Crippen MR) is 71.6 cm³/mol. The molecule has 0 radical (unpaired) electrons. The van der Waals surface area contributed by atoms with Crippen molar-refractivity contribution in [2.24, 2.45) is 0 Å². The highest BCUT2D eigenvalue weighted by atomic mass is 16.5. The van der Waals surface area contributed by atoms with Gasteiger partial charge in [-0.2, -0.15) is 0 Å². The molecule has 1 aliphatic carbocycles. The van der Waals surface area contributed by atoms with Crippen LogP contribution in [0.1, 0.15) is 51.4 Å². The third kappa shape index (κ3) is 4.48. The minimum absolute atomic E-state index is 0.0897. The minimum atomic E-state index is 0.0897. The number of likely N-dealkylation sites (tertiary alicyclic amines) is 1. The fraction of sp³-hybridized carbons (Fsp3) is 0.929. The highest BCUT2D eigenvalue weighted by molar-refractivity contribution is 5.74. The maximum Gasteiger partial charge on any atom is 0.317 e. The molecule has 0 aromatic heterocycles. The van der Waals surface area contributed by atoms with E-state index in [9.17, 15) is 4.79 Å². The second-order valence-electron chi connectivity index (χ2n) is 5.41. The van der Waals surface area contributed by atoms with Gasteiger partial charge in [-0.15, -0.1) is 0 Å². The molecule has 0 bridgehead atoms. The van der Waals surface area contributed by atoms with E-state index in [2.05, 4.69) is 5.32 Å². The Morgan fingerprint density at radius 2 is 1.72 bits per heavy atom. The maximum absolute atomic E-state index is 11.9. The Kier molecular flexibility index (Phi) is 5.78. The summed E-state index contributed by atoms with van der Waals surface area (Å²) in [4.78, 5) is 13.9. The van der Waals surface area contributed by atoms with Gasteiger partial charge in [-0.05, 0) is 25.7 Å². The number of carbonyl (C=O) groups excluding carboxylic acids is 1. The smallest absolute Gasteiger partial charge is 0.317 e. The lowest BCUT2D eigenvalue weighted by Gasteiger charge is -2.21. The van der Waals surface area contributed by atoms with Crippen LogP contribution in [0.4, 0.5) is 4.79 Å². The summed E-state index contributed by atoms with van der Waals surface area (Å²) in [7, 11) is 0. The molecule has 1 N–H and O–H groups in total. The summed E-state index contributed by atoms with van der Waals surface area (Å²) >= 11 is 0. The van der Waals surface area contributed by atoms with Crippen molar-refractivity contribution in [3.63, 3.8) is 0 Å². The number of nitrogens with zero attached hydrogens (tertiary/aromatic N) is 1. The van der Waals surface area contributed by atoms with Gasteiger partial charge < -0.3 is 15.0 Å². The van der Waals surface area contributed by atoms with Crippen LogP contribution in [0.2, 0.25) is 0 Å². The highest BCUT2D eigenvalue weighted by Gasteiger charge is 2.16. The van der Waals surface area contributed by atoms with E-state index < -0.39 is 0 Å². The van der Waals surface area contributed by atoms with Crippen LogP contribution in [-0.4, -0.2) is 43.3 Å². The quantitative estimate of drug-likeness (QED) is 0.783. The van der Waals surface area contributed by atoms with Gasteiger partial charge in [-0.3, -0.25) is 0 Å². The van der Waals surface area contributed by atoms with Crippen LogP contribution >= 0.6 is 0 Å². The summed E-state index contributed by atoms with van der Waals surface area (Å²) in [6.07, 6.45) is 10.2. The molecule has 4 nitrogen and oxygen atoms in total. The van der Waals surface area contributed by atoms with Crippen LogP contribution in [0.15, 0.2) is 0 Å². The average Bonchev–Trinajstić information content (AvgIpc) is 2.74. The monoisotopic (exact) mass is 254 g/mol. The Labute approximate surface area is 110 Å². The van der Waals surface area contributed by atoms with Crippen molar-refractivity contribution in [3.05, 3.63) is 0 Å². The molecule has 0 atom stereocenters. The second-order valence-corrected chi connectivity index (χ2v) is 5.41. The average molecular weight is 254 g/mol. The van der Waals surface area contributed by atoms with E-state index >= 15 is 0 Å². The largest absolute Gasteiger partial charge is 0.376 e. The third-order valence-electron chi connectivity index (χ3n) is 3.93. The number of hydrogen-bond donors (Lipinski definition) is 1. The van der Waals surface area contributed by atoms with Crippen LogP contribution in [0, 0.1) is 0 Å². The summed E-state index contributed by atoms with van der Waals surface area (Å²) < 4.78 is 5.73. The van der Waals surface area contributed by atoms with Crippen LogP contribution < -0.4 is 5.32 Å². The molecule has 0 aromatic carbocycles. The lowest BCUT2D eigenvalue weighted by atomic mass is 10.2. The molecule has 2 aliphatic rings. The number of hydrogen-bond acceptors (Lipinski definition) is 2. The first-order chi connectivity index (χ1) is 8.86. The number of nitrogens with one attached hydrogen (secondary N) is 1. The highest BCUT2D eigenvalue weighted by Crippen LogP contribution is 2.20. The van der Waals surface area contributed by atoms with Crippen LogP contribution in [0.25, 0.3) is 0 Å². The van der Waals surface area contributed by atoms with Crippen molar-refractivity contribution >= 4 is 6.03 Å². The van der Waals surface area contributed by atoms with Gasteiger partial charge >= 0.3 is 6.03 Å². The van der Waals surface area contributed by atoms with E-state index in [-0.39, 0.29) is 6.03 Å². The SMILES string of the molecule is O=C(NCCOC1CCCC1)N1CCCCCC1. The van der Waals surface area contributed by atoms with Crippen molar-refractivity contribution in [2.75, 3.05) is 26.2 Å². The molecule has 1 saturated carbocycles. The van der Waals surface area contributed by atoms with E-state index in [0.29, 0.717) is 19.3 Å². The molecular formula is C14H26N2O2. The zero-order chi connectivity index (χ0) is 12.6. The van der Waals surface area contributed by atoms with Gasteiger partial charge in [0.2, 0.25) is 0 Å². The molecule has 0 unspecified atom stereocenters. The lowest BCUT2D eigenvalue weighted by Crippen LogP contribution is -2.41. The molecule has 0 spiro atoms. The van der Waals surface area contributed by atoms with Crippen molar-refractivity contribution in [1.29, 1.82) is 0 Å². The predicted octanol–water partition coefficient (Wildman–Crippen LogP) is 2.53. The molecule has 104 valence electrons. The van der Waals surface area contributed by atoms with Gasteiger partial charge in [-0.25, -0.2) is 4.79 Å². The number of urea groups is 1. The van der Waals surface area contributed by atoms with E-state index in [1.807, 2.05) is 4.90 Å². The van der Waals surface area contributed by atoms with Gasteiger partial charge in [0.25, 0.3) is 0 Å². The molecule has 2 amide bonds. The minimum Gasteiger partial charge on any atom is -0.376 e. The summed E-state index contributed by atoms with van der Waals surface area (Å²) in [6, 6.07) is 0.0897. The van der Waals surface area contributed by atoms with E-state index in [4.69, 9.17) is 4.74 Å². The first kappa shape index (κ1) is 13.7. The van der Waals surface area contributed by atoms with E-state index in [0.717, 1.165) is 25.9 Å². The zero-order valence-corrected chi connectivity index (χ0v) is 11.3. The summed E-state index contributed by atoms with van der Waals surface area (Å²) in [6.45, 7) is 3.13. The fourth-order valence-corrected chi connectivity index (χ4v) is 2.82. The Morgan fingerprint density at radius 3 is 2.39 bits per heavy atom. The molecule has 18 heavy (non-hydrogen) atoms. The Bertz CT molecular complexity index is 244. The number of ether oxygens (including phenoxy) is 1. The molecule has 1 aliphatic heterocycles. The van der Waals surface area contributed by atoms with Crippen molar-refractivity contribution in [3.8, 4) is 0 Å². The van der Waals surface area contributed by atoms with Crippen molar-refractivity contribution in [2.45, 2.75) is 57.5 Å². The molecule has 4 heteroatoms. The lowest BCUT2D eigenvalue weighted by molar-refractivity contribution is 0.0606. The molecule has 2 fully saturated rings. The molecule has 1 saturated heterocycles. The van der Waals surface area contributed by atoms with Gasteiger partial charge in [0, 0.05) is 19.6 Å². The van der Waals surface area contributed by atoms with Crippen LogP contribution in [0.3, 0.4) is 0 Å². The molecule has 1 heterocycles. The van der Waals surface area contributed by atoms with Gasteiger partial charge in [-0.1, -0.05) is 25.7 Å². The summed E-state index contributed by atoms with van der Waals surface area (Å²) in [5.74, 6) is 0. The Balaban J connectivity index is 1.55. The normalized spacial score (nSPS) is 21.9. The van der Waals surface area contributed by atoms with Crippen LogP contribution in [-0.2, 0) is 4.74 Å². The summed E-state index contributed by atoms with van der Waals surface area (Å²) in [5.41, 5.74) is 0. The molecule has 2 rings (SSSR count). The number of carbonyl (C=O) groups is 1. The zero-order valence-electron chi connectivity index (χ0n) is 11.3. The topological polar surface area (TPSA) is 41.6 Å². The Morgan fingerprint density at radius 1 is 1.06 bits per heavy atom. The van der Waals surface area contributed by atoms with Crippen molar-refractivity contribution < 1.29 is 9.53 Å². The summed E-state index contributed by atoms with van der Waals surface area (Å²) in [5, 5.41) is 2.97. The number of amides is 2. The number of rotatable bonds is 4. The van der Waals surface area contributed by atoms with E-state index in [1.54, 1.807) is 0 Å². The standard InChI is InChI=1S/C14H26N2O2/c17-14(16-10-5-1-2-6-11-16)15-9-12-18-13-7-3-4-8-13/h13H,1-12H2,(H,15,17). The van der Waals surface area contributed by atoms with Crippen molar-refractivity contribution in [1.82, 2.24) is 10.2 Å². The molecular weight excluding hydrogens is 228 g/mol. The third-order valence-corrected chi connectivity index (χ3v) is 3.93. The fourth-order valence-electron chi connectivity index (χ4n) is 2.82. The van der Waals surface area contributed by atoms with Gasteiger partial charge in [0.15, 0.2) is 0 Å². The van der Waals surface area contributed by atoms with Gasteiger partial charge in [0.05, 0.1) is 12.7 Å². The maximum atomic E-state index is 11.9. The van der Waals surface area contributed by atoms with E-state index in [1.165, 1.54) is 38.5 Å². The van der Waals surface area contributed by atoms with Gasteiger partial charge in [0.1, 0.15) is 0 Å². The Hall–Kier alpha value is -0.770. The molecule has 0 aromatic rings.